The first kappa shape index (κ1) is 36.4. The summed E-state index contributed by atoms with van der Waals surface area (Å²) in [6.07, 6.45) is 0. The first-order chi connectivity index (χ1) is 31.7. The van der Waals surface area contributed by atoms with Crippen molar-refractivity contribution in [2.45, 2.75) is 9.79 Å². The molecule has 1 aliphatic heterocycles. The molecule has 0 spiro atoms. The van der Waals surface area contributed by atoms with Crippen molar-refractivity contribution in [1.82, 2.24) is 19.5 Å². The Labute approximate surface area is 372 Å². The summed E-state index contributed by atoms with van der Waals surface area (Å²) in [6.45, 7) is 0. The number of benzene rings is 9. The third-order valence-corrected chi connectivity index (χ3v) is 13.4. The van der Waals surface area contributed by atoms with E-state index >= 15 is 0 Å². The maximum absolute atomic E-state index is 6.58. The largest absolute Gasteiger partial charge is 0.454 e. The van der Waals surface area contributed by atoms with E-state index in [0.29, 0.717) is 17.6 Å². The molecule has 7 heteroatoms. The van der Waals surface area contributed by atoms with Crippen molar-refractivity contribution in [1.29, 1.82) is 0 Å². The second-order valence-corrected chi connectivity index (χ2v) is 17.1. The average molecular weight is 838 g/mol. The zero-order chi connectivity index (χ0) is 42.1. The summed E-state index contributed by atoms with van der Waals surface area (Å²) in [6, 6.07) is 74.6. The smallest absolute Gasteiger partial charge is 0.238 e. The van der Waals surface area contributed by atoms with Crippen LogP contribution in [0.3, 0.4) is 0 Å². The fraction of sp³-hybridized carbons (Fsp3) is 0. The van der Waals surface area contributed by atoms with Crippen molar-refractivity contribution in [3.63, 3.8) is 0 Å². The first-order valence-corrected chi connectivity index (χ1v) is 22.2. The number of hydrogen-bond donors (Lipinski definition) is 0. The van der Waals surface area contributed by atoms with Crippen LogP contribution in [0.1, 0.15) is 0 Å². The summed E-state index contributed by atoms with van der Waals surface area (Å²) in [5, 5.41) is 4.50. The van der Waals surface area contributed by atoms with Crippen LogP contribution in [0.2, 0.25) is 0 Å². The minimum Gasteiger partial charge on any atom is -0.454 e. The molecular formula is C57H35N5OS. The van der Waals surface area contributed by atoms with Gasteiger partial charge in [-0.05, 0) is 76.9 Å². The lowest BCUT2D eigenvalue weighted by Gasteiger charge is -2.33. The van der Waals surface area contributed by atoms with E-state index in [1.54, 1.807) is 0 Å². The van der Waals surface area contributed by atoms with Gasteiger partial charge in [0.1, 0.15) is 5.58 Å². The second kappa shape index (κ2) is 14.7. The van der Waals surface area contributed by atoms with Crippen LogP contribution in [0.15, 0.2) is 227 Å². The van der Waals surface area contributed by atoms with E-state index in [1.165, 1.54) is 9.79 Å². The van der Waals surface area contributed by atoms with E-state index in [9.17, 15) is 0 Å². The third-order valence-electron chi connectivity index (χ3n) is 12.2. The lowest BCUT2D eigenvalue weighted by molar-refractivity contribution is 0.669. The van der Waals surface area contributed by atoms with Crippen LogP contribution in [0, 0.1) is 0 Å². The molecule has 0 fully saturated rings. The van der Waals surface area contributed by atoms with Gasteiger partial charge in [-0.15, -0.1) is 0 Å². The highest BCUT2D eigenvalue weighted by atomic mass is 32.2. The molecule has 0 N–H and O–H groups in total. The molecule has 1 aliphatic rings. The van der Waals surface area contributed by atoms with Crippen LogP contribution in [0.5, 0.6) is 0 Å². The van der Waals surface area contributed by atoms with Crippen LogP contribution in [0.25, 0.3) is 94.7 Å². The molecule has 0 radical (unpaired) electrons. The molecule has 0 unspecified atom stereocenters. The van der Waals surface area contributed by atoms with E-state index in [-0.39, 0.29) is 0 Å². The predicted octanol–water partition coefficient (Wildman–Crippen LogP) is 15.5. The third kappa shape index (κ3) is 5.93. The molecule has 6 nitrogen and oxygen atoms in total. The van der Waals surface area contributed by atoms with Gasteiger partial charge in [0.25, 0.3) is 0 Å². The highest BCUT2D eigenvalue weighted by Crippen LogP contribution is 2.54. The van der Waals surface area contributed by atoms with Gasteiger partial charge in [0, 0.05) is 42.5 Å². The van der Waals surface area contributed by atoms with Gasteiger partial charge in [-0.2, -0.15) is 9.97 Å². The Kier molecular flexibility index (Phi) is 8.35. The van der Waals surface area contributed by atoms with Crippen LogP contribution >= 0.6 is 11.8 Å². The number of para-hydroxylation sites is 4. The summed E-state index contributed by atoms with van der Waals surface area (Å²) >= 11 is 1.81. The highest BCUT2D eigenvalue weighted by Gasteiger charge is 2.28. The average Bonchev–Trinajstić information content (AvgIpc) is 3.92. The lowest BCUT2D eigenvalue weighted by atomic mass is 9.98. The Hall–Kier alpha value is -8.26. The summed E-state index contributed by atoms with van der Waals surface area (Å²) < 4.78 is 8.77. The minimum absolute atomic E-state index is 0.573. The molecule has 9 aromatic carbocycles. The first-order valence-electron chi connectivity index (χ1n) is 21.3. The van der Waals surface area contributed by atoms with Crippen molar-refractivity contribution in [2.24, 2.45) is 0 Å². The van der Waals surface area contributed by atoms with Gasteiger partial charge in [0.15, 0.2) is 17.2 Å². The molecule has 64 heavy (non-hydrogen) atoms. The SMILES string of the molecule is c1ccc(-c2nc(-c3ccccc3)nc(-n3c4ccccc4c4ccc(-c5cccc(-c6ccc7c(c6)Sc6ccccc6N7c6cccc7c6oc6ccccc67)c5)cc43)n2)cc1. The summed E-state index contributed by atoms with van der Waals surface area (Å²) in [4.78, 5) is 20.0. The van der Waals surface area contributed by atoms with E-state index < -0.39 is 0 Å². The summed E-state index contributed by atoms with van der Waals surface area (Å²) in [5.74, 6) is 1.82. The Morgan fingerprint density at radius 3 is 1.72 bits per heavy atom. The zero-order valence-corrected chi connectivity index (χ0v) is 35.1. The van der Waals surface area contributed by atoms with Crippen LogP contribution in [-0.4, -0.2) is 19.5 Å². The maximum atomic E-state index is 6.58. The Balaban J connectivity index is 0.926. The van der Waals surface area contributed by atoms with Gasteiger partial charge in [-0.25, -0.2) is 4.98 Å². The maximum Gasteiger partial charge on any atom is 0.238 e. The molecule has 3 aromatic heterocycles. The monoisotopic (exact) mass is 837 g/mol. The molecule has 0 aliphatic carbocycles. The van der Waals surface area contributed by atoms with E-state index in [2.05, 4.69) is 149 Å². The topological polar surface area (TPSA) is 60.0 Å². The van der Waals surface area contributed by atoms with Crippen LogP contribution in [0.4, 0.5) is 17.1 Å². The fourth-order valence-corrected chi connectivity index (χ4v) is 10.3. The van der Waals surface area contributed by atoms with Crippen LogP contribution < -0.4 is 4.90 Å². The minimum atomic E-state index is 0.573. The molecule has 0 atom stereocenters. The molecule has 4 heterocycles. The molecular weight excluding hydrogens is 803 g/mol. The van der Waals surface area contributed by atoms with E-state index in [0.717, 1.165) is 94.2 Å². The zero-order valence-electron chi connectivity index (χ0n) is 34.3. The van der Waals surface area contributed by atoms with E-state index in [1.807, 2.05) is 84.6 Å². The number of hydrogen-bond acceptors (Lipinski definition) is 6. The molecule has 300 valence electrons. The Morgan fingerprint density at radius 1 is 0.359 bits per heavy atom. The van der Waals surface area contributed by atoms with Gasteiger partial charge >= 0.3 is 0 Å². The second-order valence-electron chi connectivity index (χ2n) is 16.0. The lowest BCUT2D eigenvalue weighted by Crippen LogP contribution is -2.15. The van der Waals surface area contributed by atoms with Gasteiger partial charge < -0.3 is 9.32 Å². The van der Waals surface area contributed by atoms with Crippen molar-refractivity contribution in [3.05, 3.63) is 212 Å². The fourth-order valence-electron chi connectivity index (χ4n) is 9.25. The Bertz CT molecular complexity index is 3730. The molecule has 0 saturated heterocycles. The molecule has 13 rings (SSSR count). The van der Waals surface area contributed by atoms with Gasteiger partial charge in [-0.1, -0.05) is 169 Å². The quantitative estimate of drug-likeness (QED) is 0.166. The number of aromatic nitrogens is 4. The molecule has 0 amide bonds. The summed E-state index contributed by atoms with van der Waals surface area (Å²) in [5.41, 5.74) is 13.5. The van der Waals surface area contributed by atoms with Crippen molar-refractivity contribution < 1.29 is 4.42 Å². The highest BCUT2D eigenvalue weighted by molar-refractivity contribution is 7.99. The van der Waals surface area contributed by atoms with Gasteiger partial charge in [-0.3, -0.25) is 4.57 Å². The normalized spacial score (nSPS) is 12.3. The van der Waals surface area contributed by atoms with Gasteiger partial charge in [0.05, 0.1) is 28.1 Å². The number of furan rings is 1. The predicted molar refractivity (Wildman–Crippen MR) is 262 cm³/mol. The number of nitrogens with zero attached hydrogens (tertiary/aromatic N) is 5. The number of anilines is 3. The molecule has 12 aromatic rings. The number of fused-ring (bicyclic) bond motifs is 8. The Morgan fingerprint density at radius 2 is 0.922 bits per heavy atom. The van der Waals surface area contributed by atoms with Crippen molar-refractivity contribution in [2.75, 3.05) is 4.90 Å². The van der Waals surface area contributed by atoms with Crippen LogP contribution in [-0.2, 0) is 0 Å². The van der Waals surface area contributed by atoms with Gasteiger partial charge in [0.2, 0.25) is 5.95 Å². The molecule has 0 bridgehead atoms. The van der Waals surface area contributed by atoms with Crippen molar-refractivity contribution in [3.8, 4) is 51.0 Å². The van der Waals surface area contributed by atoms with E-state index in [4.69, 9.17) is 19.4 Å². The standard InChI is InChI=1S/C57H35N5OS/c1-3-15-36(16-4-1)55-58-56(37-17-5-2-6-18-37)60-57(59-55)62-46-24-9-7-21-42(46)43-31-29-40(34-50(43)62)38-19-13-20-39(33-38)41-30-32-48-53(35-41)64-52-28-12-10-25-47(52)61(48)49-26-14-23-45-44-22-8-11-27-51(44)63-54(45)49/h1-35H. The van der Waals surface area contributed by atoms with Crippen molar-refractivity contribution >= 4 is 72.6 Å². The number of rotatable bonds is 6. The summed E-state index contributed by atoms with van der Waals surface area (Å²) in [7, 11) is 0. The molecule has 0 saturated carbocycles.